The summed E-state index contributed by atoms with van der Waals surface area (Å²) in [5, 5.41) is 3.13. The lowest BCUT2D eigenvalue weighted by Gasteiger charge is -2.41. The zero-order chi connectivity index (χ0) is 30.6. The molecule has 4 rings (SSSR count). The summed E-state index contributed by atoms with van der Waals surface area (Å²) in [5.74, 6) is 1.82. The summed E-state index contributed by atoms with van der Waals surface area (Å²) in [6, 6.07) is 14.1. The first-order chi connectivity index (χ1) is 20.8. The van der Waals surface area contributed by atoms with Crippen LogP contribution >= 0.6 is 0 Å². The van der Waals surface area contributed by atoms with Gasteiger partial charge in [-0.15, -0.1) is 0 Å². The molecule has 43 heavy (non-hydrogen) atoms. The topological polar surface area (TPSA) is 78.0 Å². The lowest BCUT2D eigenvalue weighted by molar-refractivity contribution is -0.134. The number of benzene rings is 1. The van der Waals surface area contributed by atoms with Crippen molar-refractivity contribution in [3.05, 3.63) is 54.4 Å². The normalized spacial score (nSPS) is 17.1. The fraction of sp³-hybridized carbons (Fsp3) is 0.629. The largest absolute Gasteiger partial charge is 0.487 e. The monoisotopic (exact) mass is 591 g/mol. The van der Waals surface area contributed by atoms with Gasteiger partial charge in [-0.05, 0) is 86.8 Å². The van der Waals surface area contributed by atoms with E-state index in [1.54, 1.807) is 6.20 Å². The van der Waals surface area contributed by atoms with Crippen LogP contribution in [0.15, 0.2) is 48.7 Å². The molecule has 1 N–H and O–H groups in total. The summed E-state index contributed by atoms with van der Waals surface area (Å²) in [7, 11) is 0. The van der Waals surface area contributed by atoms with Gasteiger partial charge >= 0.3 is 6.03 Å². The van der Waals surface area contributed by atoms with Crippen LogP contribution in [0.25, 0.3) is 0 Å². The smallest absolute Gasteiger partial charge is 0.318 e. The molecule has 0 bridgehead atoms. The molecule has 0 aliphatic carbocycles. The highest BCUT2D eigenvalue weighted by Gasteiger charge is 2.32. The molecule has 8 nitrogen and oxygen atoms in total. The summed E-state index contributed by atoms with van der Waals surface area (Å²) in [6.07, 6.45) is 9.80. The standard InChI is InChI=1S/C35H53N5O3/c1-27(2)16-24-40(30-12-14-32(15-13-30)43-26-29-11-7-8-19-36-29)31-17-22-38(23-18-31)34(41)33(25-28(3)4)37-35(42)39-20-9-5-6-10-21-39/h7-8,11-15,19,27-28,31,33H,5-6,9-10,16-18,20-26H2,1-4H3,(H,37,42). The number of likely N-dealkylation sites (tertiary alicyclic amines) is 2. The molecule has 0 spiro atoms. The molecule has 1 aromatic carbocycles. The fourth-order valence-electron chi connectivity index (χ4n) is 6.12. The summed E-state index contributed by atoms with van der Waals surface area (Å²) in [4.78, 5) is 37.6. The van der Waals surface area contributed by atoms with E-state index in [9.17, 15) is 9.59 Å². The third kappa shape index (κ3) is 10.1. The van der Waals surface area contributed by atoms with Crippen LogP contribution in [0.2, 0.25) is 0 Å². The van der Waals surface area contributed by atoms with Crippen molar-refractivity contribution in [1.82, 2.24) is 20.1 Å². The third-order valence-corrected chi connectivity index (χ3v) is 8.64. The number of carbonyl (C=O) groups is 2. The Balaban J connectivity index is 1.36. The third-order valence-electron chi connectivity index (χ3n) is 8.64. The van der Waals surface area contributed by atoms with E-state index in [0.717, 1.165) is 63.2 Å². The predicted octanol–water partition coefficient (Wildman–Crippen LogP) is 6.50. The van der Waals surface area contributed by atoms with Crippen molar-refractivity contribution < 1.29 is 14.3 Å². The maximum atomic E-state index is 13.7. The Hall–Kier alpha value is -3.29. The highest BCUT2D eigenvalue weighted by atomic mass is 16.5. The molecule has 236 valence electrons. The van der Waals surface area contributed by atoms with Crippen LogP contribution in [0.5, 0.6) is 5.75 Å². The van der Waals surface area contributed by atoms with E-state index >= 15 is 0 Å². The molecular weight excluding hydrogens is 538 g/mol. The number of hydrogen-bond acceptors (Lipinski definition) is 5. The van der Waals surface area contributed by atoms with E-state index in [1.807, 2.05) is 40.1 Å². The van der Waals surface area contributed by atoms with Crippen molar-refractivity contribution in [2.75, 3.05) is 37.6 Å². The molecule has 3 amide bonds. The van der Waals surface area contributed by atoms with Crippen LogP contribution in [-0.4, -0.2) is 71.5 Å². The van der Waals surface area contributed by atoms with Crippen molar-refractivity contribution >= 4 is 17.6 Å². The number of piperidine rings is 1. The van der Waals surface area contributed by atoms with Crippen LogP contribution in [-0.2, 0) is 11.4 Å². The number of aromatic nitrogens is 1. The fourth-order valence-corrected chi connectivity index (χ4v) is 6.12. The average Bonchev–Trinajstić information content (AvgIpc) is 3.30. The Bertz CT molecular complexity index is 1110. The maximum Gasteiger partial charge on any atom is 0.318 e. The molecule has 2 aliphatic heterocycles. The lowest BCUT2D eigenvalue weighted by Crippen LogP contribution is -2.55. The quantitative estimate of drug-likeness (QED) is 0.305. The van der Waals surface area contributed by atoms with Crippen LogP contribution < -0.4 is 15.0 Å². The van der Waals surface area contributed by atoms with Crippen molar-refractivity contribution in [1.29, 1.82) is 0 Å². The second-order valence-corrected chi connectivity index (χ2v) is 13.1. The molecule has 2 aliphatic rings. The van der Waals surface area contributed by atoms with Gasteiger partial charge < -0.3 is 24.8 Å². The Morgan fingerprint density at radius 3 is 2.21 bits per heavy atom. The molecule has 2 saturated heterocycles. The number of nitrogens with zero attached hydrogens (tertiary/aromatic N) is 4. The van der Waals surface area contributed by atoms with E-state index in [-0.39, 0.29) is 11.9 Å². The van der Waals surface area contributed by atoms with Gasteiger partial charge in [-0.1, -0.05) is 46.6 Å². The minimum Gasteiger partial charge on any atom is -0.487 e. The second-order valence-electron chi connectivity index (χ2n) is 13.1. The first kappa shape index (κ1) is 32.6. The summed E-state index contributed by atoms with van der Waals surface area (Å²) in [5.41, 5.74) is 2.10. The molecule has 0 radical (unpaired) electrons. The zero-order valence-electron chi connectivity index (χ0n) is 26.8. The summed E-state index contributed by atoms with van der Waals surface area (Å²) in [6.45, 7) is 13.2. The number of urea groups is 1. The van der Waals surface area contributed by atoms with Crippen molar-refractivity contribution in [3.8, 4) is 5.75 Å². The van der Waals surface area contributed by atoms with Gasteiger partial charge in [0.25, 0.3) is 0 Å². The minimum absolute atomic E-state index is 0.0680. The van der Waals surface area contributed by atoms with Crippen molar-refractivity contribution in [3.63, 3.8) is 0 Å². The minimum atomic E-state index is -0.469. The number of ether oxygens (including phenoxy) is 1. The Labute approximate surface area is 259 Å². The first-order valence-electron chi connectivity index (χ1n) is 16.5. The SMILES string of the molecule is CC(C)CCN(c1ccc(OCc2ccccn2)cc1)C1CCN(C(=O)C(CC(C)C)NC(=O)N2CCCCCC2)CC1. The van der Waals surface area contributed by atoms with Gasteiger partial charge in [0, 0.05) is 50.6 Å². The zero-order valence-corrected chi connectivity index (χ0v) is 26.8. The molecule has 1 atom stereocenters. The average molecular weight is 592 g/mol. The van der Waals surface area contributed by atoms with Crippen molar-refractivity contribution in [2.24, 2.45) is 11.8 Å². The number of nitrogens with one attached hydrogen (secondary N) is 1. The highest BCUT2D eigenvalue weighted by Crippen LogP contribution is 2.28. The van der Waals surface area contributed by atoms with Gasteiger partial charge in [0.2, 0.25) is 5.91 Å². The van der Waals surface area contributed by atoms with Gasteiger partial charge in [-0.25, -0.2) is 4.79 Å². The number of anilines is 1. The summed E-state index contributed by atoms with van der Waals surface area (Å²) < 4.78 is 5.97. The van der Waals surface area contributed by atoms with Crippen molar-refractivity contribution in [2.45, 2.75) is 97.8 Å². The van der Waals surface area contributed by atoms with E-state index in [2.05, 4.69) is 55.0 Å². The molecule has 1 unspecified atom stereocenters. The van der Waals surface area contributed by atoms with Crippen LogP contribution in [0.4, 0.5) is 10.5 Å². The van der Waals surface area contributed by atoms with Crippen LogP contribution in [0.1, 0.15) is 84.8 Å². The van der Waals surface area contributed by atoms with Crippen LogP contribution in [0.3, 0.4) is 0 Å². The molecular formula is C35H53N5O3. The van der Waals surface area contributed by atoms with Gasteiger partial charge in [0.15, 0.2) is 0 Å². The number of amides is 3. The number of rotatable bonds is 12. The molecule has 3 heterocycles. The molecule has 2 aromatic rings. The highest BCUT2D eigenvalue weighted by molar-refractivity contribution is 5.87. The molecule has 1 aromatic heterocycles. The lowest BCUT2D eigenvalue weighted by atomic mass is 9.98. The number of carbonyl (C=O) groups excluding carboxylic acids is 2. The van der Waals surface area contributed by atoms with Gasteiger partial charge in [0.1, 0.15) is 18.4 Å². The Morgan fingerprint density at radius 2 is 1.60 bits per heavy atom. The first-order valence-corrected chi connectivity index (χ1v) is 16.5. The van der Waals surface area contributed by atoms with E-state index in [4.69, 9.17) is 4.74 Å². The number of hydrogen-bond donors (Lipinski definition) is 1. The van der Waals surface area contributed by atoms with E-state index in [1.165, 1.54) is 18.5 Å². The van der Waals surface area contributed by atoms with Gasteiger partial charge in [-0.2, -0.15) is 0 Å². The molecule has 2 fully saturated rings. The Morgan fingerprint density at radius 1 is 0.907 bits per heavy atom. The maximum absolute atomic E-state index is 13.7. The predicted molar refractivity (Wildman–Crippen MR) is 173 cm³/mol. The number of pyridine rings is 1. The van der Waals surface area contributed by atoms with E-state index in [0.29, 0.717) is 44.0 Å². The Kier molecular flexibility index (Phi) is 12.5. The van der Waals surface area contributed by atoms with Gasteiger partial charge in [0.05, 0.1) is 5.69 Å². The molecule has 0 saturated carbocycles. The van der Waals surface area contributed by atoms with Crippen LogP contribution in [0, 0.1) is 11.8 Å². The molecule has 8 heteroatoms. The van der Waals surface area contributed by atoms with Gasteiger partial charge in [-0.3, -0.25) is 9.78 Å². The van der Waals surface area contributed by atoms with E-state index < -0.39 is 6.04 Å². The summed E-state index contributed by atoms with van der Waals surface area (Å²) >= 11 is 0. The second kappa shape index (κ2) is 16.5.